The summed E-state index contributed by atoms with van der Waals surface area (Å²) in [5.41, 5.74) is 2.65. The third-order valence-electron chi connectivity index (χ3n) is 5.98. The predicted molar refractivity (Wildman–Crippen MR) is 140 cm³/mol. The van der Waals surface area contributed by atoms with Crippen LogP contribution in [0, 0.1) is 0 Å². The summed E-state index contributed by atoms with van der Waals surface area (Å²) in [5, 5.41) is 7.45. The van der Waals surface area contributed by atoms with E-state index in [0.717, 1.165) is 11.1 Å². The minimum absolute atomic E-state index is 0.244. The van der Waals surface area contributed by atoms with Crippen molar-refractivity contribution in [2.24, 2.45) is 0 Å². The maximum Gasteiger partial charge on any atom is 0.328 e. The number of carbonyl (C=O) groups excluding carboxylic acids is 2. The van der Waals surface area contributed by atoms with Crippen molar-refractivity contribution in [3.63, 3.8) is 0 Å². The number of fused-ring (bicyclic) bond motifs is 9. The molecule has 38 heavy (non-hydrogen) atoms. The van der Waals surface area contributed by atoms with Gasteiger partial charge in [0.05, 0.1) is 18.4 Å². The number of pyridine rings is 1. The fourth-order valence-electron chi connectivity index (χ4n) is 4.05. The summed E-state index contributed by atoms with van der Waals surface area (Å²) in [7, 11) is 1.29. The summed E-state index contributed by atoms with van der Waals surface area (Å²) in [6.45, 7) is 0.774. The van der Waals surface area contributed by atoms with Gasteiger partial charge in [-0.2, -0.15) is 5.10 Å². The van der Waals surface area contributed by atoms with E-state index < -0.39 is 17.9 Å². The van der Waals surface area contributed by atoms with Crippen molar-refractivity contribution < 1.29 is 23.8 Å². The molecule has 9 nitrogen and oxygen atoms in total. The Kier molecular flexibility index (Phi) is 7.44. The highest BCUT2D eigenvalue weighted by molar-refractivity contribution is 5.99. The smallest absolute Gasteiger partial charge is 0.328 e. The highest BCUT2D eigenvalue weighted by atomic mass is 16.5. The number of hydrogen-bond acceptors (Lipinski definition) is 7. The molecule has 2 aliphatic rings. The van der Waals surface area contributed by atoms with Gasteiger partial charge >= 0.3 is 5.97 Å². The number of aromatic nitrogens is 3. The van der Waals surface area contributed by atoms with Gasteiger partial charge in [-0.15, -0.1) is 0 Å². The number of esters is 1. The highest BCUT2D eigenvalue weighted by Gasteiger charge is 2.25. The highest BCUT2D eigenvalue weighted by Crippen LogP contribution is 2.24. The Morgan fingerprint density at radius 2 is 1.79 bits per heavy atom. The van der Waals surface area contributed by atoms with E-state index in [1.54, 1.807) is 29.2 Å². The number of amides is 1. The Bertz CT molecular complexity index is 1460. The molecule has 6 rings (SSSR count). The molecule has 0 spiro atoms. The van der Waals surface area contributed by atoms with Crippen LogP contribution < -0.4 is 14.8 Å². The summed E-state index contributed by atoms with van der Waals surface area (Å²) in [6, 6.07) is 19.2. The number of methoxy groups -OCH3 is 1. The first kappa shape index (κ1) is 24.8. The van der Waals surface area contributed by atoms with Gasteiger partial charge in [-0.1, -0.05) is 24.3 Å². The molecule has 0 radical (unpaired) electrons. The molecular formula is C29H26N4O5. The molecule has 2 aromatic heterocycles. The quantitative estimate of drug-likeness (QED) is 0.307. The monoisotopic (exact) mass is 510 g/mol. The normalized spacial score (nSPS) is 16.4. The molecule has 0 saturated carbocycles. The number of nitrogens with one attached hydrogen (secondary N) is 1. The first-order chi connectivity index (χ1) is 18.6. The number of nitrogens with zero attached hydrogens (tertiary/aromatic N) is 3. The van der Waals surface area contributed by atoms with Gasteiger partial charge in [0.2, 0.25) is 0 Å². The SMILES string of the molecule is COC(=O)[C@@H]1Cc2ccc(cc2)OC/C=C\COc2cccc(c2)-c2ccn(n2)-c2ncccc2C(=O)N1. The van der Waals surface area contributed by atoms with Gasteiger partial charge in [-0.25, -0.2) is 14.5 Å². The van der Waals surface area contributed by atoms with Crippen molar-refractivity contribution >= 4 is 11.9 Å². The Labute approximate surface area is 219 Å². The lowest BCUT2D eigenvalue weighted by Crippen LogP contribution is -2.43. The predicted octanol–water partition coefficient (Wildman–Crippen LogP) is 3.78. The van der Waals surface area contributed by atoms with Gasteiger partial charge in [-0.3, -0.25) is 4.79 Å². The van der Waals surface area contributed by atoms with Crippen molar-refractivity contribution in [3.8, 4) is 28.6 Å². The van der Waals surface area contributed by atoms with Crippen LogP contribution in [0.3, 0.4) is 0 Å². The van der Waals surface area contributed by atoms with Gasteiger partial charge in [0.25, 0.3) is 5.91 Å². The third-order valence-corrected chi connectivity index (χ3v) is 5.98. The zero-order chi connectivity index (χ0) is 26.3. The first-order valence-corrected chi connectivity index (χ1v) is 12.1. The number of carbonyl (C=O) groups is 2. The Morgan fingerprint density at radius 3 is 2.58 bits per heavy atom. The van der Waals surface area contributed by atoms with Crippen molar-refractivity contribution in [1.29, 1.82) is 0 Å². The molecule has 9 heteroatoms. The lowest BCUT2D eigenvalue weighted by Gasteiger charge is -2.18. The largest absolute Gasteiger partial charge is 0.490 e. The van der Waals surface area contributed by atoms with Crippen LogP contribution in [0.1, 0.15) is 15.9 Å². The molecule has 192 valence electrons. The molecule has 0 aliphatic carbocycles. The number of rotatable bonds is 1. The van der Waals surface area contributed by atoms with Gasteiger partial charge in [0.15, 0.2) is 5.82 Å². The van der Waals surface area contributed by atoms with Gasteiger partial charge < -0.3 is 19.5 Å². The molecule has 1 atom stereocenters. The first-order valence-electron chi connectivity index (χ1n) is 12.1. The maximum atomic E-state index is 13.4. The van der Waals surface area contributed by atoms with E-state index in [4.69, 9.17) is 14.2 Å². The second kappa shape index (κ2) is 11.4. The van der Waals surface area contributed by atoms with Crippen LogP contribution in [-0.4, -0.2) is 53.0 Å². The van der Waals surface area contributed by atoms with Crippen LogP contribution in [0.25, 0.3) is 17.1 Å². The Balaban J connectivity index is 1.51. The Hall–Kier alpha value is -4.92. The molecule has 1 amide bonds. The number of ether oxygens (including phenoxy) is 3. The minimum atomic E-state index is -0.899. The summed E-state index contributed by atoms with van der Waals surface area (Å²) in [6.07, 6.45) is 7.35. The van der Waals surface area contributed by atoms with Crippen molar-refractivity contribution in [2.75, 3.05) is 20.3 Å². The van der Waals surface area contributed by atoms with E-state index in [2.05, 4.69) is 15.4 Å². The molecule has 6 bridgehead atoms. The average molecular weight is 511 g/mol. The standard InChI is InChI=1S/C29H26N4O5/c1-36-29(35)26-18-20-9-11-22(12-10-20)37-16-2-3-17-38-23-7-4-6-21(19-23)25-13-15-33(32-25)27-24(28(34)31-26)8-5-14-30-27/h2-15,19,26H,16-18H2,1H3,(H,31,34)/b3-2-/t26-/m0/s1. The second-order valence-corrected chi connectivity index (χ2v) is 8.54. The van der Waals surface area contributed by atoms with Gasteiger partial charge in [-0.05, 0) is 60.2 Å². The molecule has 0 fully saturated rings. The maximum absolute atomic E-state index is 13.4. The van der Waals surface area contributed by atoms with E-state index in [1.165, 1.54) is 7.11 Å². The molecule has 1 N–H and O–H groups in total. The van der Waals surface area contributed by atoms with Gasteiger partial charge in [0.1, 0.15) is 30.8 Å². The molecular weight excluding hydrogens is 484 g/mol. The van der Waals surface area contributed by atoms with Crippen LogP contribution in [0.5, 0.6) is 11.5 Å². The Morgan fingerprint density at radius 1 is 1.00 bits per heavy atom. The lowest BCUT2D eigenvalue weighted by molar-refractivity contribution is -0.142. The van der Waals surface area contributed by atoms with Crippen molar-refractivity contribution in [3.05, 3.63) is 102 Å². The van der Waals surface area contributed by atoms with E-state index in [9.17, 15) is 9.59 Å². The summed E-state index contributed by atoms with van der Waals surface area (Å²) >= 11 is 0. The van der Waals surface area contributed by atoms with Crippen molar-refractivity contribution in [2.45, 2.75) is 12.5 Å². The van der Waals surface area contributed by atoms with E-state index in [0.29, 0.717) is 36.2 Å². The summed E-state index contributed by atoms with van der Waals surface area (Å²) in [4.78, 5) is 30.3. The number of hydrogen-bond donors (Lipinski definition) is 1. The fraction of sp³-hybridized carbons (Fsp3) is 0.172. The van der Waals surface area contributed by atoms with E-state index in [-0.39, 0.29) is 12.0 Å². The number of benzene rings is 2. The van der Waals surface area contributed by atoms with Crippen LogP contribution in [0.4, 0.5) is 0 Å². The molecule has 4 heterocycles. The summed E-state index contributed by atoms with van der Waals surface area (Å²) < 4.78 is 18.1. The molecule has 0 saturated heterocycles. The topological polar surface area (TPSA) is 105 Å². The molecule has 2 aromatic carbocycles. The van der Waals surface area contributed by atoms with Crippen LogP contribution in [0.2, 0.25) is 0 Å². The van der Waals surface area contributed by atoms with Crippen LogP contribution in [-0.2, 0) is 16.0 Å². The fourth-order valence-corrected chi connectivity index (χ4v) is 4.05. The van der Waals surface area contributed by atoms with E-state index in [1.807, 2.05) is 66.7 Å². The van der Waals surface area contributed by atoms with Gasteiger partial charge in [0, 0.05) is 24.4 Å². The zero-order valence-corrected chi connectivity index (χ0v) is 20.7. The molecule has 0 unspecified atom stereocenters. The van der Waals surface area contributed by atoms with Crippen molar-refractivity contribution in [1.82, 2.24) is 20.1 Å². The van der Waals surface area contributed by atoms with Crippen LogP contribution >= 0.6 is 0 Å². The second-order valence-electron chi connectivity index (χ2n) is 8.54. The van der Waals surface area contributed by atoms with E-state index >= 15 is 0 Å². The lowest BCUT2D eigenvalue weighted by atomic mass is 10.1. The summed E-state index contributed by atoms with van der Waals surface area (Å²) in [5.74, 6) is 0.704. The zero-order valence-electron chi connectivity index (χ0n) is 20.7. The minimum Gasteiger partial charge on any atom is -0.490 e. The molecule has 2 aliphatic heterocycles. The average Bonchev–Trinajstić information content (AvgIpc) is 3.45. The third kappa shape index (κ3) is 5.73. The van der Waals surface area contributed by atoms with Crippen LogP contribution in [0.15, 0.2) is 91.3 Å². The molecule has 4 aromatic rings.